The van der Waals surface area contributed by atoms with E-state index in [2.05, 4.69) is 0 Å². The minimum absolute atomic E-state index is 0.0190. The van der Waals surface area contributed by atoms with Gasteiger partial charge in [-0.15, -0.1) is 0 Å². The van der Waals surface area contributed by atoms with E-state index in [1.54, 1.807) is 6.92 Å². The summed E-state index contributed by atoms with van der Waals surface area (Å²) in [4.78, 5) is 24.1. The van der Waals surface area contributed by atoms with E-state index in [-0.39, 0.29) is 23.5 Å². The SMILES string of the molecule is CC(=O)CCCCCN1C(=O)CC(SCCO)C1O. The molecular weight excluding hydrogens is 266 g/mol. The second-order valence-corrected chi connectivity index (χ2v) is 6.20. The second-order valence-electron chi connectivity index (χ2n) is 4.85. The molecule has 0 aromatic carbocycles. The number of nitrogens with zero attached hydrogens (tertiary/aromatic N) is 1. The van der Waals surface area contributed by atoms with Crippen LogP contribution in [0.3, 0.4) is 0 Å². The Morgan fingerprint density at radius 3 is 2.79 bits per heavy atom. The maximum Gasteiger partial charge on any atom is 0.225 e. The predicted molar refractivity (Wildman–Crippen MR) is 74.8 cm³/mol. The van der Waals surface area contributed by atoms with Crippen LogP contribution < -0.4 is 0 Å². The molecule has 1 saturated heterocycles. The Bertz CT molecular complexity index is 311. The number of hydrogen-bond acceptors (Lipinski definition) is 5. The van der Waals surface area contributed by atoms with Crippen molar-refractivity contribution in [3.63, 3.8) is 0 Å². The average molecular weight is 289 g/mol. The van der Waals surface area contributed by atoms with Crippen molar-refractivity contribution in [1.29, 1.82) is 0 Å². The van der Waals surface area contributed by atoms with Gasteiger partial charge in [-0.3, -0.25) is 4.79 Å². The van der Waals surface area contributed by atoms with Gasteiger partial charge in [-0.25, -0.2) is 0 Å². The van der Waals surface area contributed by atoms with Crippen molar-refractivity contribution in [3.05, 3.63) is 0 Å². The fraction of sp³-hybridized carbons (Fsp3) is 0.846. The number of amides is 1. The summed E-state index contributed by atoms with van der Waals surface area (Å²) in [6.07, 6.45) is 2.75. The summed E-state index contributed by atoms with van der Waals surface area (Å²) < 4.78 is 0. The van der Waals surface area contributed by atoms with Crippen LogP contribution in [0.5, 0.6) is 0 Å². The Kier molecular flexibility index (Phi) is 7.41. The van der Waals surface area contributed by atoms with Gasteiger partial charge in [-0.1, -0.05) is 6.42 Å². The predicted octanol–water partition coefficient (Wildman–Crippen LogP) is 0.781. The third kappa shape index (κ3) is 5.50. The summed E-state index contributed by atoms with van der Waals surface area (Å²) in [6, 6.07) is 0. The summed E-state index contributed by atoms with van der Waals surface area (Å²) >= 11 is 1.44. The van der Waals surface area contributed by atoms with Gasteiger partial charge in [-0.05, 0) is 19.8 Å². The number of Topliss-reactive ketones (excluding diaryl/α,β-unsaturated/α-hetero) is 1. The van der Waals surface area contributed by atoms with E-state index in [0.717, 1.165) is 19.3 Å². The van der Waals surface area contributed by atoms with E-state index in [4.69, 9.17) is 5.11 Å². The summed E-state index contributed by atoms with van der Waals surface area (Å²) in [6.45, 7) is 2.19. The molecule has 1 amide bonds. The molecule has 1 rings (SSSR count). The minimum Gasteiger partial charge on any atom is -0.396 e. The van der Waals surface area contributed by atoms with Crippen LogP contribution in [0, 0.1) is 0 Å². The van der Waals surface area contributed by atoms with Crippen LogP contribution in [-0.2, 0) is 9.59 Å². The van der Waals surface area contributed by atoms with E-state index in [1.165, 1.54) is 16.7 Å². The molecule has 0 spiro atoms. The molecule has 2 N–H and O–H groups in total. The van der Waals surface area contributed by atoms with Gasteiger partial charge < -0.3 is 19.9 Å². The number of aliphatic hydroxyl groups excluding tert-OH is 2. The zero-order valence-corrected chi connectivity index (χ0v) is 12.2. The first-order chi connectivity index (χ1) is 9.06. The molecule has 6 heteroatoms. The Morgan fingerprint density at radius 1 is 1.42 bits per heavy atom. The molecule has 19 heavy (non-hydrogen) atoms. The van der Waals surface area contributed by atoms with E-state index in [1.807, 2.05) is 0 Å². The van der Waals surface area contributed by atoms with Gasteiger partial charge in [0.2, 0.25) is 5.91 Å². The van der Waals surface area contributed by atoms with E-state index < -0.39 is 6.23 Å². The maximum atomic E-state index is 11.8. The molecule has 1 aliphatic rings. The first-order valence-electron chi connectivity index (χ1n) is 6.75. The Labute approximate surface area is 118 Å². The molecule has 0 aromatic rings. The van der Waals surface area contributed by atoms with Crippen LogP contribution in [-0.4, -0.2) is 57.2 Å². The lowest BCUT2D eigenvalue weighted by Gasteiger charge is -2.23. The quantitative estimate of drug-likeness (QED) is 0.613. The van der Waals surface area contributed by atoms with Gasteiger partial charge in [0, 0.05) is 25.1 Å². The highest BCUT2D eigenvalue weighted by Gasteiger charge is 2.38. The lowest BCUT2D eigenvalue weighted by molar-refractivity contribution is -0.133. The first kappa shape index (κ1) is 16.5. The van der Waals surface area contributed by atoms with Crippen LogP contribution in [0.1, 0.15) is 39.0 Å². The normalized spacial score (nSPS) is 23.1. The van der Waals surface area contributed by atoms with Crippen molar-refractivity contribution in [2.24, 2.45) is 0 Å². The molecule has 5 nitrogen and oxygen atoms in total. The number of carbonyl (C=O) groups excluding carboxylic acids is 2. The van der Waals surface area contributed by atoms with E-state index >= 15 is 0 Å². The lowest BCUT2D eigenvalue weighted by Crippen LogP contribution is -2.36. The number of ketones is 1. The van der Waals surface area contributed by atoms with Crippen LogP contribution >= 0.6 is 11.8 Å². The molecular formula is C13H23NO4S. The standard InChI is InChI=1S/C13H23NO4S/c1-10(16)5-3-2-4-6-14-12(17)9-11(13(14)18)19-8-7-15/h11,13,15,18H,2-9H2,1H3. The molecule has 0 saturated carbocycles. The summed E-state index contributed by atoms with van der Waals surface area (Å²) in [7, 11) is 0. The lowest BCUT2D eigenvalue weighted by atomic mass is 10.1. The van der Waals surface area contributed by atoms with Crippen molar-refractivity contribution in [1.82, 2.24) is 4.90 Å². The van der Waals surface area contributed by atoms with Crippen LogP contribution in [0.15, 0.2) is 0 Å². The number of thioether (sulfide) groups is 1. The molecule has 110 valence electrons. The number of hydrogen-bond donors (Lipinski definition) is 2. The Hall–Kier alpha value is -0.590. The molecule has 1 heterocycles. The smallest absolute Gasteiger partial charge is 0.225 e. The van der Waals surface area contributed by atoms with E-state index in [0.29, 0.717) is 25.1 Å². The van der Waals surface area contributed by atoms with Crippen molar-refractivity contribution in [2.45, 2.75) is 50.5 Å². The molecule has 0 radical (unpaired) electrons. The monoisotopic (exact) mass is 289 g/mol. The van der Waals surface area contributed by atoms with Crippen LogP contribution in [0.25, 0.3) is 0 Å². The van der Waals surface area contributed by atoms with Gasteiger partial charge in [0.15, 0.2) is 0 Å². The molecule has 1 fully saturated rings. The van der Waals surface area contributed by atoms with Gasteiger partial charge in [0.25, 0.3) is 0 Å². The van der Waals surface area contributed by atoms with Crippen molar-refractivity contribution < 1.29 is 19.8 Å². The number of rotatable bonds is 9. The summed E-state index contributed by atoms with van der Waals surface area (Å²) in [5.41, 5.74) is 0. The first-order valence-corrected chi connectivity index (χ1v) is 7.80. The molecule has 0 bridgehead atoms. The van der Waals surface area contributed by atoms with E-state index in [9.17, 15) is 14.7 Å². The number of likely N-dealkylation sites (tertiary alicyclic amines) is 1. The van der Waals surface area contributed by atoms with Crippen molar-refractivity contribution in [3.8, 4) is 0 Å². The average Bonchev–Trinajstić information content (AvgIpc) is 2.62. The molecule has 1 aliphatic heterocycles. The highest BCUT2D eigenvalue weighted by molar-refractivity contribution is 8.00. The molecule has 2 unspecified atom stereocenters. The number of carbonyl (C=O) groups is 2. The topological polar surface area (TPSA) is 77.8 Å². The zero-order chi connectivity index (χ0) is 14.3. The minimum atomic E-state index is -0.739. The van der Waals surface area contributed by atoms with Gasteiger partial charge in [-0.2, -0.15) is 11.8 Å². The molecule has 0 aromatic heterocycles. The number of aliphatic hydroxyl groups is 2. The van der Waals surface area contributed by atoms with Gasteiger partial charge in [0.05, 0.1) is 11.9 Å². The molecule has 2 atom stereocenters. The Balaban J connectivity index is 2.25. The summed E-state index contributed by atoms with van der Waals surface area (Å²) in [5.74, 6) is 0.717. The largest absolute Gasteiger partial charge is 0.396 e. The third-order valence-electron chi connectivity index (χ3n) is 3.20. The van der Waals surface area contributed by atoms with Crippen LogP contribution in [0.2, 0.25) is 0 Å². The number of unbranched alkanes of at least 4 members (excludes halogenated alkanes) is 2. The fourth-order valence-corrected chi connectivity index (χ4v) is 3.17. The summed E-state index contributed by atoms with van der Waals surface area (Å²) in [5, 5.41) is 18.7. The molecule has 0 aliphatic carbocycles. The Morgan fingerprint density at radius 2 is 2.16 bits per heavy atom. The third-order valence-corrected chi connectivity index (χ3v) is 4.46. The van der Waals surface area contributed by atoms with Crippen LogP contribution in [0.4, 0.5) is 0 Å². The van der Waals surface area contributed by atoms with Gasteiger partial charge in [0.1, 0.15) is 12.0 Å². The second kappa shape index (κ2) is 8.55. The maximum absolute atomic E-state index is 11.8. The van der Waals surface area contributed by atoms with Crippen molar-refractivity contribution in [2.75, 3.05) is 18.9 Å². The highest BCUT2D eigenvalue weighted by Crippen LogP contribution is 2.28. The fourth-order valence-electron chi connectivity index (χ4n) is 2.18. The van der Waals surface area contributed by atoms with Gasteiger partial charge >= 0.3 is 0 Å². The highest BCUT2D eigenvalue weighted by atomic mass is 32.2. The zero-order valence-electron chi connectivity index (χ0n) is 11.4. The van der Waals surface area contributed by atoms with Crippen molar-refractivity contribution >= 4 is 23.5 Å².